The molecule has 0 N–H and O–H groups in total. The van der Waals surface area contributed by atoms with Gasteiger partial charge in [-0.2, -0.15) is 0 Å². The molecule has 0 amide bonds. The molecule has 1 heterocycles. The monoisotopic (exact) mass is 518 g/mol. The van der Waals surface area contributed by atoms with Crippen LogP contribution in [-0.4, -0.2) is 0 Å². The molecule has 0 fully saturated rings. The van der Waals surface area contributed by atoms with E-state index in [1.807, 2.05) is 11.3 Å². The van der Waals surface area contributed by atoms with Crippen LogP contribution in [0.5, 0.6) is 0 Å². The molecule has 5 aromatic carbocycles. The first-order valence-electron chi connectivity index (χ1n) is 13.3. The van der Waals surface area contributed by atoms with Crippen molar-refractivity contribution in [1.82, 2.24) is 0 Å². The molecule has 6 aromatic rings. The number of rotatable bonds is 6. The van der Waals surface area contributed by atoms with Crippen molar-refractivity contribution in [2.75, 3.05) is 0 Å². The van der Waals surface area contributed by atoms with E-state index < -0.39 is 0 Å². The first kappa shape index (κ1) is 24.9. The zero-order chi connectivity index (χ0) is 26.8. The quantitative estimate of drug-likeness (QED) is 0.192. The third-order valence-electron chi connectivity index (χ3n) is 7.07. The van der Waals surface area contributed by atoms with Gasteiger partial charge in [0, 0.05) is 20.2 Å². The van der Waals surface area contributed by atoms with E-state index in [1.54, 1.807) is 0 Å². The van der Waals surface area contributed by atoms with E-state index in [4.69, 9.17) is 0 Å². The number of benzene rings is 5. The molecule has 0 radical (unpaired) electrons. The lowest BCUT2D eigenvalue weighted by Gasteiger charge is -2.10. The van der Waals surface area contributed by atoms with E-state index in [0.717, 1.165) is 11.1 Å². The molecule has 1 aromatic heterocycles. The third kappa shape index (κ3) is 5.14. The summed E-state index contributed by atoms with van der Waals surface area (Å²) in [7, 11) is 0. The minimum Gasteiger partial charge on any atom is -0.135 e. The summed E-state index contributed by atoms with van der Waals surface area (Å²) in [6, 6.07) is 41.8. The summed E-state index contributed by atoms with van der Waals surface area (Å²) >= 11 is 1.88. The Morgan fingerprint density at radius 3 is 1.95 bits per heavy atom. The standard InChI is InChI=1S/C38H30S/c1-26(2)11-6-12-27(3)28-13-7-14-29(23-28)30-15-8-16-31(24-30)32-17-9-18-33(25-32)34-20-10-21-36-35-19-4-5-22-37(35)39-38(34)36/h4-25H,3H2,1-2H3/b12-6-. The van der Waals surface area contributed by atoms with E-state index >= 15 is 0 Å². The molecule has 0 atom stereocenters. The predicted molar refractivity (Wildman–Crippen MR) is 173 cm³/mol. The molecule has 0 bridgehead atoms. The van der Waals surface area contributed by atoms with Gasteiger partial charge < -0.3 is 0 Å². The maximum absolute atomic E-state index is 4.28. The number of hydrogen-bond acceptors (Lipinski definition) is 1. The Labute approximate surface area is 234 Å². The number of allylic oxidation sites excluding steroid dienone is 5. The molecule has 188 valence electrons. The van der Waals surface area contributed by atoms with Gasteiger partial charge in [-0.25, -0.2) is 0 Å². The topological polar surface area (TPSA) is 0 Å². The molecular formula is C38H30S. The summed E-state index contributed by atoms with van der Waals surface area (Å²) in [6.45, 7) is 8.48. The van der Waals surface area contributed by atoms with Crippen molar-refractivity contribution >= 4 is 37.1 Å². The first-order valence-corrected chi connectivity index (χ1v) is 14.1. The molecule has 0 nitrogen and oxygen atoms in total. The maximum Gasteiger partial charge on any atom is 0.0433 e. The van der Waals surface area contributed by atoms with Crippen LogP contribution in [0.3, 0.4) is 0 Å². The van der Waals surface area contributed by atoms with Crippen molar-refractivity contribution in [2.24, 2.45) is 0 Å². The molecule has 0 aliphatic carbocycles. The van der Waals surface area contributed by atoms with Gasteiger partial charge in [-0.1, -0.05) is 121 Å². The van der Waals surface area contributed by atoms with Gasteiger partial charge in [0.25, 0.3) is 0 Å². The van der Waals surface area contributed by atoms with Crippen molar-refractivity contribution < 1.29 is 0 Å². The molecule has 0 aliphatic heterocycles. The molecule has 0 saturated heterocycles. The van der Waals surface area contributed by atoms with Crippen LogP contribution in [0, 0.1) is 0 Å². The normalized spacial score (nSPS) is 11.3. The summed E-state index contributed by atoms with van der Waals surface area (Å²) < 4.78 is 2.68. The van der Waals surface area contributed by atoms with Crippen LogP contribution < -0.4 is 0 Å². The van der Waals surface area contributed by atoms with Gasteiger partial charge in [0.2, 0.25) is 0 Å². The SMILES string of the molecule is C=C(/C=C\C=C(C)C)c1cccc(-c2cccc(-c3cccc(-c4cccc5c4sc4ccccc45)c3)c2)c1. The van der Waals surface area contributed by atoms with E-state index in [-0.39, 0.29) is 0 Å². The van der Waals surface area contributed by atoms with E-state index in [0.29, 0.717) is 0 Å². The van der Waals surface area contributed by atoms with Crippen molar-refractivity contribution in [3.63, 3.8) is 0 Å². The van der Waals surface area contributed by atoms with Gasteiger partial charge in [0.05, 0.1) is 0 Å². The van der Waals surface area contributed by atoms with E-state index in [2.05, 4.69) is 154 Å². The number of fused-ring (bicyclic) bond motifs is 3. The molecule has 0 unspecified atom stereocenters. The van der Waals surface area contributed by atoms with Gasteiger partial charge in [-0.05, 0) is 82.6 Å². The Morgan fingerprint density at radius 1 is 0.615 bits per heavy atom. The molecule has 39 heavy (non-hydrogen) atoms. The minimum absolute atomic E-state index is 1.01. The summed E-state index contributed by atoms with van der Waals surface area (Å²) in [4.78, 5) is 0. The smallest absolute Gasteiger partial charge is 0.0433 e. The highest BCUT2D eigenvalue weighted by Gasteiger charge is 2.11. The zero-order valence-electron chi connectivity index (χ0n) is 22.3. The molecule has 0 saturated carbocycles. The summed E-state index contributed by atoms with van der Waals surface area (Å²) in [5, 5.41) is 2.67. The Kier molecular flexibility index (Phi) is 6.84. The third-order valence-corrected chi connectivity index (χ3v) is 8.29. The predicted octanol–water partition coefficient (Wildman–Crippen LogP) is 11.6. The fraction of sp³-hybridized carbons (Fsp3) is 0.0526. The average Bonchev–Trinajstić information content (AvgIpc) is 3.36. The van der Waals surface area contributed by atoms with Gasteiger partial charge in [-0.3, -0.25) is 0 Å². The highest BCUT2D eigenvalue weighted by Crippen LogP contribution is 2.40. The average molecular weight is 519 g/mol. The van der Waals surface area contributed by atoms with Crippen LogP contribution in [-0.2, 0) is 0 Å². The van der Waals surface area contributed by atoms with E-state index in [9.17, 15) is 0 Å². The fourth-order valence-electron chi connectivity index (χ4n) is 5.07. The molecule has 0 aliphatic rings. The summed E-state index contributed by atoms with van der Waals surface area (Å²) in [6.07, 6.45) is 6.25. The van der Waals surface area contributed by atoms with Crippen molar-refractivity contribution in [1.29, 1.82) is 0 Å². The van der Waals surface area contributed by atoms with Gasteiger partial charge in [0.15, 0.2) is 0 Å². The van der Waals surface area contributed by atoms with E-state index in [1.165, 1.54) is 59.1 Å². The zero-order valence-corrected chi connectivity index (χ0v) is 23.1. The van der Waals surface area contributed by atoms with Crippen molar-refractivity contribution in [3.8, 4) is 33.4 Å². The summed E-state index contributed by atoms with van der Waals surface area (Å²) in [5.74, 6) is 0. The van der Waals surface area contributed by atoms with Crippen molar-refractivity contribution in [3.05, 3.63) is 151 Å². The van der Waals surface area contributed by atoms with Gasteiger partial charge in [0.1, 0.15) is 0 Å². The van der Waals surface area contributed by atoms with Crippen LogP contribution in [0.1, 0.15) is 19.4 Å². The highest BCUT2D eigenvalue weighted by molar-refractivity contribution is 7.26. The summed E-state index contributed by atoms with van der Waals surface area (Å²) in [5.41, 5.74) is 10.8. The number of thiophene rings is 1. The molecule has 0 spiro atoms. The second-order valence-electron chi connectivity index (χ2n) is 10.2. The Hall–Kier alpha value is -4.46. The fourth-order valence-corrected chi connectivity index (χ4v) is 6.31. The minimum atomic E-state index is 1.01. The van der Waals surface area contributed by atoms with Gasteiger partial charge in [-0.15, -0.1) is 11.3 Å². The van der Waals surface area contributed by atoms with Crippen LogP contribution in [0.25, 0.3) is 59.1 Å². The Bertz CT molecular complexity index is 1890. The second-order valence-corrected chi connectivity index (χ2v) is 11.2. The number of hydrogen-bond donors (Lipinski definition) is 0. The maximum atomic E-state index is 4.28. The van der Waals surface area contributed by atoms with Crippen LogP contribution >= 0.6 is 11.3 Å². The highest BCUT2D eigenvalue weighted by atomic mass is 32.1. The molecule has 6 rings (SSSR count). The van der Waals surface area contributed by atoms with Crippen LogP contribution in [0.4, 0.5) is 0 Å². The second kappa shape index (κ2) is 10.7. The first-order chi connectivity index (χ1) is 19.1. The van der Waals surface area contributed by atoms with Crippen molar-refractivity contribution in [2.45, 2.75) is 13.8 Å². The largest absolute Gasteiger partial charge is 0.135 e. The lowest BCUT2D eigenvalue weighted by atomic mass is 9.94. The Balaban J connectivity index is 1.35. The van der Waals surface area contributed by atoms with Gasteiger partial charge >= 0.3 is 0 Å². The lowest BCUT2D eigenvalue weighted by molar-refractivity contribution is 1.39. The lowest BCUT2D eigenvalue weighted by Crippen LogP contribution is -1.85. The molecule has 1 heteroatoms. The van der Waals surface area contributed by atoms with Crippen LogP contribution in [0.2, 0.25) is 0 Å². The Morgan fingerprint density at radius 2 is 1.21 bits per heavy atom. The van der Waals surface area contributed by atoms with Crippen LogP contribution in [0.15, 0.2) is 146 Å². The molecular weight excluding hydrogens is 488 g/mol.